The second kappa shape index (κ2) is 9.18. The van der Waals surface area contributed by atoms with Gasteiger partial charge in [0.25, 0.3) is 11.8 Å². The van der Waals surface area contributed by atoms with Crippen LogP contribution in [-0.2, 0) is 13.1 Å². The van der Waals surface area contributed by atoms with E-state index in [4.69, 9.17) is 34.8 Å². The Hall–Kier alpha value is -3.25. The highest BCUT2D eigenvalue weighted by molar-refractivity contribution is 6.36. The van der Waals surface area contributed by atoms with Gasteiger partial charge in [0.1, 0.15) is 0 Å². The number of para-hydroxylation sites is 1. The van der Waals surface area contributed by atoms with E-state index in [-0.39, 0.29) is 10.9 Å². The smallest absolute Gasteiger partial charge is 0.258 e. The molecule has 0 aliphatic carbocycles. The minimum absolute atomic E-state index is 0.177. The highest BCUT2D eigenvalue weighted by atomic mass is 35.5. The Morgan fingerprint density at radius 2 is 1.56 bits per heavy atom. The van der Waals surface area contributed by atoms with Gasteiger partial charge in [-0.1, -0.05) is 53.0 Å². The fourth-order valence-corrected chi connectivity index (χ4v) is 4.81. The Bertz CT molecular complexity index is 1410. The van der Waals surface area contributed by atoms with Crippen LogP contribution >= 0.6 is 34.8 Å². The molecule has 2 heterocycles. The van der Waals surface area contributed by atoms with Crippen molar-refractivity contribution in [2.45, 2.75) is 13.1 Å². The van der Waals surface area contributed by atoms with Gasteiger partial charge in [0.05, 0.1) is 17.3 Å². The van der Waals surface area contributed by atoms with E-state index in [0.717, 1.165) is 16.9 Å². The molecule has 0 unspecified atom stereocenters. The maximum Gasteiger partial charge on any atom is 0.258 e. The van der Waals surface area contributed by atoms with Crippen molar-refractivity contribution in [1.82, 2.24) is 4.57 Å². The van der Waals surface area contributed by atoms with Gasteiger partial charge in [-0.2, -0.15) is 0 Å². The number of nitrogens with zero attached hydrogens (tertiary/aromatic N) is 2. The molecular weight excluding hydrogens is 493 g/mol. The van der Waals surface area contributed by atoms with E-state index in [1.54, 1.807) is 29.2 Å². The highest BCUT2D eigenvalue weighted by Gasteiger charge is 2.25. The number of amides is 2. The van der Waals surface area contributed by atoms with E-state index in [1.807, 2.05) is 42.6 Å². The average molecular weight is 511 g/mol. The SMILES string of the molecule is O=C(Nc1ccc(C(=O)N2Cc3cccn3Cc3ccccc32)cc1Cl)c1cc(Cl)cc(Cl)c1. The summed E-state index contributed by atoms with van der Waals surface area (Å²) < 4.78 is 2.14. The molecule has 1 aliphatic heterocycles. The molecule has 0 fully saturated rings. The molecule has 2 amide bonds. The number of carbonyl (C=O) groups excluding carboxylic acids is 2. The second-order valence-electron chi connectivity index (χ2n) is 7.95. The minimum Gasteiger partial charge on any atom is -0.345 e. The number of halogens is 3. The van der Waals surface area contributed by atoms with E-state index >= 15 is 0 Å². The molecule has 1 aliphatic rings. The van der Waals surface area contributed by atoms with E-state index in [1.165, 1.54) is 12.1 Å². The van der Waals surface area contributed by atoms with Gasteiger partial charge in [-0.25, -0.2) is 0 Å². The van der Waals surface area contributed by atoms with Crippen LogP contribution in [0, 0.1) is 0 Å². The Morgan fingerprint density at radius 1 is 0.794 bits per heavy atom. The van der Waals surface area contributed by atoms with Gasteiger partial charge in [0.15, 0.2) is 0 Å². The average Bonchev–Trinajstić information content (AvgIpc) is 3.18. The second-order valence-corrected chi connectivity index (χ2v) is 9.23. The van der Waals surface area contributed by atoms with Gasteiger partial charge in [0, 0.05) is 45.3 Å². The molecule has 5 rings (SSSR count). The Kier molecular flexibility index (Phi) is 6.09. The number of fused-ring (bicyclic) bond motifs is 2. The van der Waals surface area contributed by atoms with Gasteiger partial charge >= 0.3 is 0 Å². The molecule has 0 spiro atoms. The van der Waals surface area contributed by atoms with Crippen LogP contribution in [-0.4, -0.2) is 16.4 Å². The molecule has 170 valence electrons. The van der Waals surface area contributed by atoms with Crippen molar-refractivity contribution in [3.8, 4) is 0 Å². The van der Waals surface area contributed by atoms with Crippen LogP contribution in [0.15, 0.2) is 79.0 Å². The van der Waals surface area contributed by atoms with E-state index < -0.39 is 5.91 Å². The van der Waals surface area contributed by atoms with Crippen molar-refractivity contribution in [3.05, 3.63) is 116 Å². The van der Waals surface area contributed by atoms with Gasteiger partial charge in [-0.3, -0.25) is 9.59 Å². The van der Waals surface area contributed by atoms with E-state index in [0.29, 0.717) is 39.9 Å². The Morgan fingerprint density at radius 3 is 2.32 bits per heavy atom. The van der Waals surface area contributed by atoms with Crippen molar-refractivity contribution in [1.29, 1.82) is 0 Å². The number of hydrogen-bond acceptors (Lipinski definition) is 2. The maximum absolute atomic E-state index is 13.6. The summed E-state index contributed by atoms with van der Waals surface area (Å²) in [4.78, 5) is 28.0. The summed E-state index contributed by atoms with van der Waals surface area (Å²) in [5.41, 5.74) is 4.06. The zero-order valence-corrected chi connectivity index (χ0v) is 20.0. The predicted molar refractivity (Wildman–Crippen MR) is 136 cm³/mol. The van der Waals surface area contributed by atoms with Crippen LogP contribution in [0.4, 0.5) is 11.4 Å². The third kappa shape index (κ3) is 4.42. The predicted octanol–water partition coefficient (Wildman–Crippen LogP) is 6.91. The summed E-state index contributed by atoms with van der Waals surface area (Å²) in [5.74, 6) is -0.587. The van der Waals surface area contributed by atoms with Gasteiger partial charge in [-0.05, 0) is 60.2 Å². The zero-order valence-electron chi connectivity index (χ0n) is 17.8. The summed E-state index contributed by atoms with van der Waals surface area (Å²) >= 11 is 18.5. The van der Waals surface area contributed by atoms with Crippen molar-refractivity contribution < 1.29 is 9.59 Å². The number of rotatable bonds is 3. The molecule has 0 saturated heterocycles. The first-order valence-electron chi connectivity index (χ1n) is 10.5. The molecule has 0 atom stereocenters. The molecular formula is C26H18Cl3N3O2. The third-order valence-electron chi connectivity index (χ3n) is 5.70. The molecule has 5 nitrogen and oxygen atoms in total. The van der Waals surface area contributed by atoms with Crippen molar-refractivity contribution in [2.24, 2.45) is 0 Å². The standard InChI is InChI=1S/C26H18Cl3N3O2/c27-19-10-18(11-20(28)13-19)25(33)30-23-8-7-16(12-22(23)29)26(34)32-15-21-5-3-9-31(21)14-17-4-1-2-6-24(17)32/h1-13H,14-15H2,(H,30,33). The lowest BCUT2D eigenvalue weighted by Crippen LogP contribution is -2.30. The number of nitrogens with one attached hydrogen (secondary N) is 1. The topological polar surface area (TPSA) is 54.3 Å². The molecule has 0 radical (unpaired) electrons. The molecule has 0 bridgehead atoms. The first-order valence-corrected chi connectivity index (χ1v) is 11.6. The van der Waals surface area contributed by atoms with Crippen LogP contribution < -0.4 is 10.2 Å². The van der Waals surface area contributed by atoms with Crippen LogP contribution in [0.25, 0.3) is 0 Å². The lowest BCUT2D eigenvalue weighted by Gasteiger charge is -2.23. The summed E-state index contributed by atoms with van der Waals surface area (Å²) in [6, 6.07) is 21.3. The molecule has 34 heavy (non-hydrogen) atoms. The number of hydrogen-bond donors (Lipinski definition) is 1. The van der Waals surface area contributed by atoms with Gasteiger partial charge in [0.2, 0.25) is 0 Å². The number of aromatic nitrogens is 1. The summed E-state index contributed by atoms with van der Waals surface area (Å²) in [7, 11) is 0. The summed E-state index contributed by atoms with van der Waals surface area (Å²) in [6.07, 6.45) is 2.02. The zero-order chi connectivity index (χ0) is 23.8. The maximum atomic E-state index is 13.6. The van der Waals surface area contributed by atoms with Gasteiger partial charge < -0.3 is 14.8 Å². The number of benzene rings is 3. The van der Waals surface area contributed by atoms with Crippen LogP contribution in [0.1, 0.15) is 32.0 Å². The van der Waals surface area contributed by atoms with Crippen LogP contribution in [0.5, 0.6) is 0 Å². The Balaban J connectivity index is 1.42. The normalized spacial score (nSPS) is 12.5. The van der Waals surface area contributed by atoms with Crippen molar-refractivity contribution >= 4 is 58.0 Å². The molecule has 3 aromatic carbocycles. The first kappa shape index (κ1) is 22.5. The van der Waals surface area contributed by atoms with Crippen molar-refractivity contribution in [3.63, 3.8) is 0 Å². The lowest BCUT2D eigenvalue weighted by molar-refractivity contribution is 0.0983. The Labute approximate surface area is 211 Å². The van der Waals surface area contributed by atoms with Crippen LogP contribution in [0.3, 0.4) is 0 Å². The fraction of sp³-hybridized carbons (Fsp3) is 0.0769. The van der Waals surface area contributed by atoms with Gasteiger partial charge in [-0.15, -0.1) is 0 Å². The summed E-state index contributed by atoms with van der Waals surface area (Å²) in [6.45, 7) is 1.13. The number of carbonyl (C=O) groups is 2. The first-order chi connectivity index (χ1) is 16.4. The molecule has 0 saturated carbocycles. The fourth-order valence-electron chi connectivity index (χ4n) is 4.05. The highest BCUT2D eigenvalue weighted by Crippen LogP contribution is 2.31. The molecule has 1 aromatic heterocycles. The minimum atomic E-state index is -0.410. The molecule has 8 heteroatoms. The largest absolute Gasteiger partial charge is 0.345 e. The monoisotopic (exact) mass is 509 g/mol. The quantitative estimate of drug-likeness (QED) is 0.326. The molecule has 1 N–H and O–H groups in total. The van der Waals surface area contributed by atoms with Crippen LogP contribution in [0.2, 0.25) is 15.1 Å². The van der Waals surface area contributed by atoms with E-state index in [9.17, 15) is 9.59 Å². The summed E-state index contributed by atoms with van der Waals surface area (Å²) in [5, 5.41) is 3.70. The third-order valence-corrected chi connectivity index (χ3v) is 6.45. The van der Waals surface area contributed by atoms with Crippen molar-refractivity contribution in [2.75, 3.05) is 10.2 Å². The molecule has 4 aromatic rings. The van der Waals surface area contributed by atoms with E-state index in [2.05, 4.69) is 9.88 Å². The number of anilines is 2. The lowest BCUT2D eigenvalue weighted by atomic mass is 10.1.